The zero-order chi connectivity index (χ0) is 16.5. The third-order valence-electron chi connectivity index (χ3n) is 4.67. The molecule has 3 nitrogen and oxygen atoms in total. The summed E-state index contributed by atoms with van der Waals surface area (Å²) in [6.45, 7) is 7.68. The number of piperazine rings is 1. The van der Waals surface area contributed by atoms with E-state index in [0.717, 1.165) is 32.0 Å². The van der Waals surface area contributed by atoms with Crippen LogP contribution in [0.1, 0.15) is 12.0 Å². The molecule has 1 fully saturated rings. The highest BCUT2D eigenvalue weighted by molar-refractivity contribution is 5.20. The van der Waals surface area contributed by atoms with E-state index >= 15 is 0 Å². The zero-order valence-corrected chi connectivity index (χ0v) is 14.4. The summed E-state index contributed by atoms with van der Waals surface area (Å²) in [4.78, 5) is 5.11. The van der Waals surface area contributed by atoms with Gasteiger partial charge in [0, 0.05) is 32.7 Å². The molecular formula is C21H28N2O. The molecule has 1 saturated heterocycles. The van der Waals surface area contributed by atoms with Crippen LogP contribution in [0.15, 0.2) is 60.7 Å². The molecule has 0 saturated carbocycles. The molecule has 128 valence electrons. The quantitative estimate of drug-likeness (QED) is 0.741. The number of aryl methyl sites for hydroxylation is 1. The topological polar surface area (TPSA) is 15.7 Å². The van der Waals surface area contributed by atoms with Crippen LogP contribution in [0.25, 0.3) is 0 Å². The average Bonchev–Trinajstić information content (AvgIpc) is 2.65. The summed E-state index contributed by atoms with van der Waals surface area (Å²) in [5.41, 5.74) is 1.45. The lowest BCUT2D eigenvalue weighted by atomic mass is 10.1. The van der Waals surface area contributed by atoms with Crippen LogP contribution >= 0.6 is 0 Å². The van der Waals surface area contributed by atoms with Crippen LogP contribution in [-0.2, 0) is 6.42 Å². The van der Waals surface area contributed by atoms with Crippen molar-refractivity contribution in [3.8, 4) is 5.75 Å². The van der Waals surface area contributed by atoms with Crippen LogP contribution in [0.4, 0.5) is 0 Å². The van der Waals surface area contributed by atoms with Crippen molar-refractivity contribution in [2.24, 2.45) is 0 Å². The van der Waals surface area contributed by atoms with Crippen LogP contribution in [0.2, 0.25) is 0 Å². The van der Waals surface area contributed by atoms with Gasteiger partial charge in [-0.15, -0.1) is 0 Å². The first-order valence-corrected chi connectivity index (χ1v) is 9.07. The van der Waals surface area contributed by atoms with Gasteiger partial charge in [0.1, 0.15) is 12.4 Å². The number of rotatable bonds is 8. The Morgan fingerprint density at radius 1 is 0.708 bits per heavy atom. The maximum absolute atomic E-state index is 5.79. The maximum Gasteiger partial charge on any atom is 0.119 e. The van der Waals surface area contributed by atoms with Crippen LogP contribution in [-0.4, -0.2) is 55.7 Å². The molecule has 0 aromatic heterocycles. The second-order valence-corrected chi connectivity index (χ2v) is 6.43. The average molecular weight is 324 g/mol. The number of hydrogen-bond acceptors (Lipinski definition) is 3. The lowest BCUT2D eigenvalue weighted by Gasteiger charge is -2.34. The molecule has 0 radical (unpaired) electrons. The molecule has 1 aliphatic rings. The molecule has 2 aromatic rings. The summed E-state index contributed by atoms with van der Waals surface area (Å²) in [6, 6.07) is 20.9. The molecule has 1 heterocycles. The molecule has 24 heavy (non-hydrogen) atoms. The van der Waals surface area contributed by atoms with E-state index in [2.05, 4.69) is 40.1 Å². The second-order valence-electron chi connectivity index (χ2n) is 6.43. The molecule has 0 unspecified atom stereocenters. The molecule has 0 N–H and O–H groups in total. The largest absolute Gasteiger partial charge is 0.492 e. The van der Waals surface area contributed by atoms with E-state index in [1.165, 1.54) is 38.0 Å². The number of para-hydroxylation sites is 1. The summed E-state index contributed by atoms with van der Waals surface area (Å²) in [7, 11) is 0. The Labute approximate surface area is 145 Å². The zero-order valence-electron chi connectivity index (χ0n) is 14.4. The maximum atomic E-state index is 5.79. The number of hydrogen-bond donors (Lipinski definition) is 0. The van der Waals surface area contributed by atoms with Crippen molar-refractivity contribution in [2.75, 3.05) is 45.9 Å². The van der Waals surface area contributed by atoms with Gasteiger partial charge >= 0.3 is 0 Å². The standard InChI is InChI=1S/C21H28N2O/c1-3-8-20(9-4-1)10-7-13-22-14-16-23(17-15-22)18-19-24-21-11-5-2-6-12-21/h1-6,8-9,11-12H,7,10,13-19H2. The highest BCUT2D eigenvalue weighted by Gasteiger charge is 2.16. The molecule has 0 spiro atoms. The van der Waals surface area contributed by atoms with Crippen molar-refractivity contribution < 1.29 is 4.74 Å². The number of benzene rings is 2. The molecule has 3 heteroatoms. The molecule has 0 bridgehead atoms. The van der Waals surface area contributed by atoms with Gasteiger partial charge in [0.15, 0.2) is 0 Å². The van der Waals surface area contributed by atoms with Crippen molar-refractivity contribution in [3.63, 3.8) is 0 Å². The van der Waals surface area contributed by atoms with E-state index in [4.69, 9.17) is 4.74 Å². The molecule has 2 aromatic carbocycles. The van der Waals surface area contributed by atoms with Gasteiger partial charge in [0.25, 0.3) is 0 Å². The Morgan fingerprint density at radius 2 is 1.29 bits per heavy atom. The van der Waals surface area contributed by atoms with E-state index in [-0.39, 0.29) is 0 Å². The number of nitrogens with zero attached hydrogens (tertiary/aromatic N) is 2. The first-order chi connectivity index (χ1) is 11.9. The van der Waals surface area contributed by atoms with Gasteiger partial charge < -0.3 is 9.64 Å². The predicted octanol–water partition coefficient (Wildman–Crippen LogP) is 3.32. The van der Waals surface area contributed by atoms with Gasteiger partial charge in [-0.25, -0.2) is 0 Å². The van der Waals surface area contributed by atoms with Crippen LogP contribution in [0.5, 0.6) is 5.75 Å². The Balaban J connectivity index is 1.27. The van der Waals surface area contributed by atoms with Gasteiger partial charge in [0.2, 0.25) is 0 Å². The highest BCUT2D eigenvalue weighted by atomic mass is 16.5. The fraction of sp³-hybridized carbons (Fsp3) is 0.429. The van der Waals surface area contributed by atoms with Crippen molar-refractivity contribution in [3.05, 3.63) is 66.2 Å². The van der Waals surface area contributed by atoms with Gasteiger partial charge in [-0.2, -0.15) is 0 Å². The molecule has 0 aliphatic carbocycles. The Hall–Kier alpha value is -1.84. The summed E-state index contributed by atoms with van der Waals surface area (Å²) in [5.74, 6) is 0.969. The third-order valence-corrected chi connectivity index (χ3v) is 4.67. The van der Waals surface area contributed by atoms with Crippen molar-refractivity contribution in [1.82, 2.24) is 9.80 Å². The van der Waals surface area contributed by atoms with Gasteiger partial charge in [-0.1, -0.05) is 48.5 Å². The van der Waals surface area contributed by atoms with Crippen molar-refractivity contribution in [2.45, 2.75) is 12.8 Å². The van der Waals surface area contributed by atoms with Gasteiger partial charge in [0.05, 0.1) is 0 Å². The minimum Gasteiger partial charge on any atom is -0.492 e. The van der Waals surface area contributed by atoms with E-state index in [1.807, 2.05) is 30.3 Å². The normalized spacial score (nSPS) is 16.2. The van der Waals surface area contributed by atoms with Crippen molar-refractivity contribution in [1.29, 1.82) is 0 Å². The second kappa shape index (κ2) is 9.45. The first-order valence-electron chi connectivity index (χ1n) is 9.07. The first kappa shape index (κ1) is 17.0. The third kappa shape index (κ3) is 5.66. The monoisotopic (exact) mass is 324 g/mol. The lowest BCUT2D eigenvalue weighted by Crippen LogP contribution is -2.47. The minimum atomic E-state index is 0.776. The summed E-state index contributed by atoms with van der Waals surface area (Å²) in [6.07, 6.45) is 2.44. The summed E-state index contributed by atoms with van der Waals surface area (Å²) in [5, 5.41) is 0. The molecule has 0 atom stereocenters. The van der Waals surface area contributed by atoms with E-state index in [9.17, 15) is 0 Å². The van der Waals surface area contributed by atoms with Gasteiger partial charge in [-0.3, -0.25) is 4.90 Å². The molecule has 1 aliphatic heterocycles. The Bertz CT molecular complexity index is 511. The number of ether oxygens (including phenoxy) is 1. The Kier molecular flexibility index (Phi) is 6.70. The van der Waals surface area contributed by atoms with Crippen LogP contribution in [0.3, 0.4) is 0 Å². The molecule has 0 amide bonds. The minimum absolute atomic E-state index is 0.776. The smallest absolute Gasteiger partial charge is 0.119 e. The van der Waals surface area contributed by atoms with Crippen LogP contribution in [0, 0.1) is 0 Å². The highest BCUT2D eigenvalue weighted by Crippen LogP contribution is 2.09. The van der Waals surface area contributed by atoms with E-state index in [0.29, 0.717) is 0 Å². The molecular weight excluding hydrogens is 296 g/mol. The van der Waals surface area contributed by atoms with E-state index < -0.39 is 0 Å². The van der Waals surface area contributed by atoms with Crippen molar-refractivity contribution >= 4 is 0 Å². The van der Waals surface area contributed by atoms with E-state index in [1.54, 1.807) is 0 Å². The van der Waals surface area contributed by atoms with Crippen LogP contribution < -0.4 is 4.74 Å². The predicted molar refractivity (Wildman–Crippen MR) is 99.6 cm³/mol. The lowest BCUT2D eigenvalue weighted by molar-refractivity contribution is 0.116. The summed E-state index contributed by atoms with van der Waals surface area (Å²) < 4.78 is 5.79. The molecule has 3 rings (SSSR count). The Morgan fingerprint density at radius 3 is 1.96 bits per heavy atom. The fourth-order valence-electron chi connectivity index (χ4n) is 3.20. The summed E-state index contributed by atoms with van der Waals surface area (Å²) >= 11 is 0. The SMILES string of the molecule is c1ccc(CCCN2CCN(CCOc3ccccc3)CC2)cc1. The fourth-order valence-corrected chi connectivity index (χ4v) is 3.20. The van der Waals surface area contributed by atoms with Gasteiger partial charge in [-0.05, 0) is 37.1 Å².